The third kappa shape index (κ3) is 4.74. The lowest BCUT2D eigenvalue weighted by Crippen LogP contribution is -2.06. The third-order valence-corrected chi connectivity index (χ3v) is 3.76. The minimum absolute atomic E-state index is 0.0647. The lowest BCUT2D eigenvalue weighted by molar-refractivity contribution is -0.116. The summed E-state index contributed by atoms with van der Waals surface area (Å²) in [6, 6.07) is 3.85. The van der Waals surface area contributed by atoms with E-state index in [0.717, 1.165) is 12.8 Å². The molecule has 10 heteroatoms. The fraction of sp³-hybridized carbons (Fsp3) is 0.182. The second-order valence-electron chi connectivity index (χ2n) is 6.49. The molecule has 162 valence electrons. The molecule has 0 atom stereocenters. The molecule has 0 saturated carbocycles. The maximum atomic E-state index is 9.43. The summed E-state index contributed by atoms with van der Waals surface area (Å²) in [4.78, 5) is 21.8. The molecule has 0 aliphatic carbocycles. The highest BCUT2D eigenvalue weighted by Crippen LogP contribution is 2.41. The molecule has 0 saturated heterocycles. The van der Waals surface area contributed by atoms with Crippen molar-refractivity contribution in [1.29, 1.82) is 10.5 Å². The van der Waals surface area contributed by atoms with Gasteiger partial charge in [0.2, 0.25) is 24.6 Å². The van der Waals surface area contributed by atoms with Gasteiger partial charge in [0.25, 0.3) is 0 Å². The molecule has 2 amide bonds. The van der Waals surface area contributed by atoms with Gasteiger partial charge in [-0.25, -0.2) is 0 Å². The lowest BCUT2D eigenvalue weighted by atomic mass is 9.97. The molecule has 10 nitrogen and oxygen atoms in total. The second kappa shape index (κ2) is 10.6. The summed E-state index contributed by atoms with van der Waals surface area (Å²) in [5.41, 5.74) is 12.3. The first kappa shape index (κ1) is 25.0. The molecule has 0 radical (unpaired) electrons. The largest absolute Gasteiger partial charge is 0.438 e. The number of benzene rings is 1. The standard InChI is InChI=1S/C16H6N4O2.2C3H7NO/c1-3-7-11-9(5-17)15(19)22-14(11)8(4-2)12-10(6-18)16(20)21-13(7)12;2*1-4(2)3-5/h1-2H,19-20H2;2*3H,1-2H3. The van der Waals surface area contributed by atoms with Gasteiger partial charge in [0.05, 0.1) is 21.9 Å². The maximum Gasteiger partial charge on any atom is 0.209 e. The van der Waals surface area contributed by atoms with Crippen LogP contribution in [-0.2, 0) is 9.59 Å². The van der Waals surface area contributed by atoms with Crippen molar-refractivity contribution in [3.63, 3.8) is 0 Å². The zero-order chi connectivity index (χ0) is 24.6. The van der Waals surface area contributed by atoms with Crippen molar-refractivity contribution in [2.45, 2.75) is 0 Å². The van der Waals surface area contributed by atoms with Crippen molar-refractivity contribution in [2.24, 2.45) is 0 Å². The van der Waals surface area contributed by atoms with Gasteiger partial charge < -0.3 is 30.1 Å². The first-order valence-corrected chi connectivity index (χ1v) is 8.70. The Balaban J connectivity index is 0.000000431. The lowest BCUT2D eigenvalue weighted by Gasteiger charge is -2.00. The molecule has 2 heterocycles. The third-order valence-electron chi connectivity index (χ3n) is 3.76. The SMILES string of the molecule is C#Cc1c2oc(N)c(C#N)c2c(C#C)c2oc(N)c(C#N)c12.CN(C)C=O.CN(C)C=O. The highest BCUT2D eigenvalue weighted by molar-refractivity contribution is 6.11. The van der Waals surface area contributed by atoms with Crippen LogP contribution >= 0.6 is 0 Å². The molecule has 1 aromatic carbocycles. The minimum Gasteiger partial charge on any atom is -0.438 e. The van der Waals surface area contributed by atoms with Crippen molar-refractivity contribution in [3.8, 4) is 36.8 Å². The Labute approximate surface area is 184 Å². The number of anilines is 2. The number of hydrogen-bond acceptors (Lipinski definition) is 8. The van der Waals surface area contributed by atoms with Crippen LogP contribution in [0, 0.1) is 47.3 Å². The normalized spacial score (nSPS) is 9.00. The first-order chi connectivity index (χ1) is 15.1. The molecule has 0 bridgehead atoms. The van der Waals surface area contributed by atoms with Gasteiger partial charge in [-0.1, -0.05) is 11.8 Å². The number of terminal acetylenes is 2. The number of hydrogen-bond donors (Lipinski definition) is 2. The van der Waals surface area contributed by atoms with Crippen LogP contribution in [0.2, 0.25) is 0 Å². The van der Waals surface area contributed by atoms with E-state index in [0.29, 0.717) is 0 Å². The smallest absolute Gasteiger partial charge is 0.209 e. The van der Waals surface area contributed by atoms with E-state index >= 15 is 0 Å². The Hall–Kier alpha value is -5.06. The molecule has 0 spiro atoms. The summed E-state index contributed by atoms with van der Waals surface area (Å²) >= 11 is 0. The van der Waals surface area contributed by atoms with E-state index in [1.807, 2.05) is 12.1 Å². The predicted molar refractivity (Wildman–Crippen MR) is 120 cm³/mol. The summed E-state index contributed by atoms with van der Waals surface area (Å²) in [7, 11) is 6.75. The Bertz CT molecular complexity index is 1230. The Morgan fingerprint density at radius 1 is 0.750 bits per heavy atom. The van der Waals surface area contributed by atoms with Crippen LogP contribution in [0.25, 0.3) is 21.9 Å². The number of nitrogens with zero attached hydrogens (tertiary/aromatic N) is 4. The molecule has 4 N–H and O–H groups in total. The van der Waals surface area contributed by atoms with Gasteiger partial charge in [-0.15, -0.1) is 12.8 Å². The van der Waals surface area contributed by atoms with Gasteiger partial charge in [-0.2, -0.15) is 10.5 Å². The Morgan fingerprint density at radius 3 is 1.22 bits per heavy atom. The number of amides is 2. The van der Waals surface area contributed by atoms with Gasteiger partial charge in [0.1, 0.15) is 23.3 Å². The van der Waals surface area contributed by atoms with Crippen LogP contribution in [0.15, 0.2) is 8.83 Å². The quantitative estimate of drug-likeness (QED) is 0.453. The monoisotopic (exact) mass is 432 g/mol. The average molecular weight is 432 g/mol. The number of nitrogens with two attached hydrogens (primary N) is 2. The molecule has 0 fully saturated rings. The van der Waals surface area contributed by atoms with Crippen molar-refractivity contribution in [3.05, 3.63) is 22.3 Å². The van der Waals surface area contributed by atoms with E-state index in [1.54, 1.807) is 28.2 Å². The van der Waals surface area contributed by atoms with Crippen LogP contribution in [0.4, 0.5) is 11.8 Å². The number of carbonyl (C=O) groups excluding carboxylic acids is 2. The molecule has 3 aromatic rings. The van der Waals surface area contributed by atoms with E-state index in [2.05, 4.69) is 11.8 Å². The predicted octanol–water partition coefficient (Wildman–Crippen LogP) is 1.46. The second-order valence-corrected chi connectivity index (χ2v) is 6.49. The average Bonchev–Trinajstić information content (AvgIpc) is 3.27. The van der Waals surface area contributed by atoms with Crippen LogP contribution < -0.4 is 11.5 Å². The van der Waals surface area contributed by atoms with Crippen molar-refractivity contribution < 1.29 is 18.4 Å². The van der Waals surface area contributed by atoms with Crippen molar-refractivity contribution >= 4 is 46.5 Å². The first-order valence-electron chi connectivity index (χ1n) is 8.70. The van der Waals surface area contributed by atoms with Crippen molar-refractivity contribution in [2.75, 3.05) is 39.7 Å². The van der Waals surface area contributed by atoms with Crippen LogP contribution in [0.1, 0.15) is 22.3 Å². The fourth-order valence-corrected chi connectivity index (χ4v) is 2.45. The van der Waals surface area contributed by atoms with E-state index in [-0.39, 0.29) is 56.0 Å². The number of carbonyl (C=O) groups is 2. The zero-order valence-electron chi connectivity index (χ0n) is 17.9. The molecule has 2 aromatic heterocycles. The number of furan rings is 2. The molecular weight excluding hydrogens is 412 g/mol. The van der Waals surface area contributed by atoms with Crippen LogP contribution in [-0.4, -0.2) is 50.8 Å². The molecule has 0 aliphatic heterocycles. The van der Waals surface area contributed by atoms with Crippen molar-refractivity contribution in [1.82, 2.24) is 9.80 Å². The highest BCUT2D eigenvalue weighted by atomic mass is 16.4. The highest BCUT2D eigenvalue weighted by Gasteiger charge is 2.26. The Morgan fingerprint density at radius 2 is 1.03 bits per heavy atom. The van der Waals surface area contributed by atoms with Gasteiger partial charge in [-0.3, -0.25) is 9.59 Å². The van der Waals surface area contributed by atoms with Gasteiger partial charge >= 0.3 is 0 Å². The van der Waals surface area contributed by atoms with Crippen LogP contribution in [0.5, 0.6) is 0 Å². The molecule has 0 unspecified atom stereocenters. The zero-order valence-corrected chi connectivity index (χ0v) is 17.9. The molecule has 32 heavy (non-hydrogen) atoms. The van der Waals surface area contributed by atoms with Crippen LogP contribution in [0.3, 0.4) is 0 Å². The molecule has 3 rings (SSSR count). The fourth-order valence-electron chi connectivity index (χ4n) is 2.45. The molecule has 0 aliphatic rings. The maximum absolute atomic E-state index is 9.43. The summed E-state index contributed by atoms with van der Waals surface area (Å²) in [5.74, 6) is 4.63. The van der Waals surface area contributed by atoms with Gasteiger partial charge in [0, 0.05) is 28.2 Å². The van der Waals surface area contributed by atoms with E-state index < -0.39 is 0 Å². The summed E-state index contributed by atoms with van der Waals surface area (Å²) in [5, 5.41) is 19.1. The van der Waals surface area contributed by atoms with Gasteiger partial charge in [0.15, 0.2) is 11.2 Å². The number of fused-ring (bicyclic) bond motifs is 2. The Kier molecular flexibility index (Phi) is 8.31. The van der Waals surface area contributed by atoms with E-state index in [4.69, 9.17) is 33.1 Å². The number of nitriles is 2. The summed E-state index contributed by atoms with van der Waals surface area (Å²) < 4.78 is 10.8. The molecular formula is C22H20N6O4. The number of nitrogen functional groups attached to an aromatic ring is 2. The van der Waals surface area contributed by atoms with E-state index in [9.17, 15) is 20.1 Å². The summed E-state index contributed by atoms with van der Waals surface area (Å²) in [6.07, 6.45) is 12.6. The minimum atomic E-state index is -0.107. The number of rotatable bonds is 2. The van der Waals surface area contributed by atoms with E-state index in [1.165, 1.54) is 9.80 Å². The summed E-state index contributed by atoms with van der Waals surface area (Å²) in [6.45, 7) is 0. The van der Waals surface area contributed by atoms with Gasteiger partial charge in [-0.05, 0) is 0 Å². The topological polar surface area (TPSA) is 167 Å².